The topological polar surface area (TPSA) is 160 Å². The number of anilines is 2. The molecule has 6 N–H and O–H groups in total. The number of benzene rings is 2. The number of nitrogens with one attached hydrogen (secondary N) is 2. The molecule has 1 aliphatic heterocycles. The molecule has 0 radical (unpaired) electrons. The minimum Gasteiger partial charge on any atom is -0.370 e. The van der Waals surface area contributed by atoms with Crippen molar-refractivity contribution in [2.24, 2.45) is 16.6 Å². The highest BCUT2D eigenvalue weighted by Crippen LogP contribution is 2.25. The molecule has 10 heteroatoms. The summed E-state index contributed by atoms with van der Waals surface area (Å²) in [5, 5.41) is 10.9. The highest BCUT2D eigenvalue weighted by Gasteiger charge is 2.35. The van der Waals surface area contributed by atoms with E-state index in [-0.39, 0.29) is 36.3 Å². The molecule has 1 atom stereocenters. The van der Waals surface area contributed by atoms with Gasteiger partial charge in [-0.05, 0) is 24.3 Å². The number of hydrazone groups is 1. The summed E-state index contributed by atoms with van der Waals surface area (Å²) in [6.45, 7) is 0.0789. The Balaban J connectivity index is 1.76. The molecule has 0 bridgehead atoms. The number of nitrogens with zero attached hydrogens (tertiary/aromatic N) is 2. The van der Waals surface area contributed by atoms with Crippen molar-refractivity contribution in [1.29, 1.82) is 0 Å². The molecule has 31 heavy (non-hydrogen) atoms. The standard InChI is InChI=1S/C21H22N6O4/c22-18(28)10-11-24-20(30)14-8-4-5-9-15(14)25-21(31)16-12-17(19(23)29)27(26-16)13-6-2-1-3-7-13/h1-9,17H,10-12H2,(H2,22,28)(H2,23,29)(H,24,30)(H,25,31). The Morgan fingerprint density at radius 3 is 2.32 bits per heavy atom. The number of rotatable bonds is 8. The van der Waals surface area contributed by atoms with E-state index >= 15 is 0 Å². The number of para-hydroxylation sites is 2. The van der Waals surface area contributed by atoms with Crippen LogP contribution in [0.4, 0.5) is 11.4 Å². The van der Waals surface area contributed by atoms with E-state index in [9.17, 15) is 19.2 Å². The van der Waals surface area contributed by atoms with E-state index in [1.54, 1.807) is 42.5 Å². The Hall–Kier alpha value is -4.21. The van der Waals surface area contributed by atoms with Crippen molar-refractivity contribution >= 4 is 40.7 Å². The van der Waals surface area contributed by atoms with E-state index < -0.39 is 29.7 Å². The van der Waals surface area contributed by atoms with Crippen molar-refractivity contribution in [3.8, 4) is 0 Å². The maximum absolute atomic E-state index is 12.8. The van der Waals surface area contributed by atoms with Crippen LogP contribution in [0.3, 0.4) is 0 Å². The van der Waals surface area contributed by atoms with E-state index in [1.807, 2.05) is 6.07 Å². The van der Waals surface area contributed by atoms with Crippen molar-refractivity contribution in [2.75, 3.05) is 16.9 Å². The molecule has 1 unspecified atom stereocenters. The first-order valence-electron chi connectivity index (χ1n) is 9.54. The van der Waals surface area contributed by atoms with Crippen LogP contribution >= 0.6 is 0 Å². The number of nitrogens with two attached hydrogens (primary N) is 2. The third kappa shape index (κ3) is 5.24. The Bertz CT molecular complexity index is 1040. The van der Waals surface area contributed by atoms with Crippen LogP contribution in [0.25, 0.3) is 0 Å². The largest absolute Gasteiger partial charge is 0.370 e. The van der Waals surface area contributed by atoms with Gasteiger partial charge in [-0.25, -0.2) is 0 Å². The average molecular weight is 422 g/mol. The Morgan fingerprint density at radius 2 is 1.65 bits per heavy atom. The maximum Gasteiger partial charge on any atom is 0.271 e. The summed E-state index contributed by atoms with van der Waals surface area (Å²) < 4.78 is 0. The molecule has 0 saturated heterocycles. The van der Waals surface area contributed by atoms with E-state index in [0.717, 1.165) is 0 Å². The molecule has 0 aliphatic carbocycles. The van der Waals surface area contributed by atoms with Gasteiger partial charge in [0.05, 0.1) is 16.9 Å². The van der Waals surface area contributed by atoms with Crippen molar-refractivity contribution in [3.05, 3.63) is 60.2 Å². The van der Waals surface area contributed by atoms with Crippen molar-refractivity contribution in [3.63, 3.8) is 0 Å². The lowest BCUT2D eigenvalue weighted by Gasteiger charge is -2.20. The highest BCUT2D eigenvalue weighted by molar-refractivity contribution is 6.44. The lowest BCUT2D eigenvalue weighted by Crippen LogP contribution is -2.39. The van der Waals surface area contributed by atoms with Crippen LogP contribution in [0.1, 0.15) is 23.2 Å². The predicted octanol–water partition coefficient (Wildman–Crippen LogP) is 0.350. The van der Waals surface area contributed by atoms with Gasteiger partial charge in [-0.15, -0.1) is 0 Å². The number of hydrogen-bond acceptors (Lipinski definition) is 6. The number of primary amides is 2. The summed E-state index contributed by atoms with van der Waals surface area (Å²) >= 11 is 0. The van der Waals surface area contributed by atoms with Crippen LogP contribution in [0.5, 0.6) is 0 Å². The number of carbonyl (C=O) groups is 4. The van der Waals surface area contributed by atoms with Crippen LogP contribution in [0.2, 0.25) is 0 Å². The third-order valence-corrected chi connectivity index (χ3v) is 4.60. The fourth-order valence-corrected chi connectivity index (χ4v) is 3.07. The fraction of sp³-hybridized carbons (Fsp3) is 0.190. The molecule has 10 nitrogen and oxygen atoms in total. The molecule has 2 aromatic rings. The quantitative estimate of drug-likeness (QED) is 0.482. The molecule has 0 fully saturated rings. The Morgan fingerprint density at radius 1 is 0.968 bits per heavy atom. The molecule has 0 spiro atoms. The van der Waals surface area contributed by atoms with Gasteiger partial charge in [0.1, 0.15) is 11.8 Å². The molecular formula is C21H22N6O4. The summed E-state index contributed by atoms with van der Waals surface area (Å²) in [4.78, 5) is 48.0. The monoisotopic (exact) mass is 422 g/mol. The van der Waals surface area contributed by atoms with Crippen molar-refractivity contribution in [2.45, 2.75) is 18.9 Å². The summed E-state index contributed by atoms with van der Waals surface area (Å²) in [5.74, 6) is -2.16. The van der Waals surface area contributed by atoms with Crippen LogP contribution in [-0.4, -0.2) is 41.9 Å². The Kier molecular flexibility index (Phi) is 6.61. The van der Waals surface area contributed by atoms with Crippen LogP contribution in [0.15, 0.2) is 59.7 Å². The van der Waals surface area contributed by atoms with E-state index in [1.165, 1.54) is 11.1 Å². The predicted molar refractivity (Wildman–Crippen MR) is 115 cm³/mol. The smallest absolute Gasteiger partial charge is 0.271 e. The molecule has 2 aromatic carbocycles. The second-order valence-electron chi connectivity index (χ2n) is 6.82. The molecule has 0 aromatic heterocycles. The second kappa shape index (κ2) is 9.53. The normalized spacial score (nSPS) is 15.2. The van der Waals surface area contributed by atoms with Gasteiger partial charge in [0.2, 0.25) is 11.8 Å². The second-order valence-corrected chi connectivity index (χ2v) is 6.82. The molecule has 160 valence electrons. The van der Waals surface area contributed by atoms with Gasteiger partial charge in [-0.3, -0.25) is 24.2 Å². The molecule has 1 heterocycles. The maximum atomic E-state index is 12.8. The first-order valence-corrected chi connectivity index (χ1v) is 9.54. The van der Waals surface area contributed by atoms with Gasteiger partial charge < -0.3 is 22.1 Å². The van der Waals surface area contributed by atoms with Crippen LogP contribution in [-0.2, 0) is 14.4 Å². The van der Waals surface area contributed by atoms with Gasteiger partial charge >= 0.3 is 0 Å². The first-order chi connectivity index (χ1) is 14.9. The molecule has 1 aliphatic rings. The van der Waals surface area contributed by atoms with Crippen LogP contribution in [0, 0.1) is 0 Å². The molecule has 4 amide bonds. The van der Waals surface area contributed by atoms with E-state index in [2.05, 4.69) is 15.7 Å². The summed E-state index contributed by atoms with van der Waals surface area (Å²) in [6.07, 6.45) is 0.0317. The van der Waals surface area contributed by atoms with Gasteiger partial charge in [-0.2, -0.15) is 5.10 Å². The van der Waals surface area contributed by atoms with Gasteiger partial charge in [0.15, 0.2) is 0 Å². The minimum atomic E-state index is -0.796. The number of hydrogen-bond donors (Lipinski definition) is 4. The number of amides is 4. The summed E-state index contributed by atoms with van der Waals surface area (Å²) in [5.41, 5.74) is 11.8. The SMILES string of the molecule is NC(=O)CCNC(=O)c1ccccc1NC(=O)C1=NN(c2ccccc2)C(C(N)=O)C1. The highest BCUT2D eigenvalue weighted by atomic mass is 16.2. The lowest BCUT2D eigenvalue weighted by molar-refractivity contribution is -0.119. The lowest BCUT2D eigenvalue weighted by atomic mass is 10.1. The average Bonchev–Trinajstić information content (AvgIpc) is 3.20. The van der Waals surface area contributed by atoms with E-state index in [4.69, 9.17) is 11.5 Å². The third-order valence-electron chi connectivity index (χ3n) is 4.60. The van der Waals surface area contributed by atoms with Gasteiger partial charge in [0, 0.05) is 19.4 Å². The zero-order valence-corrected chi connectivity index (χ0v) is 16.6. The van der Waals surface area contributed by atoms with Crippen molar-refractivity contribution < 1.29 is 19.2 Å². The van der Waals surface area contributed by atoms with Gasteiger partial charge in [-0.1, -0.05) is 30.3 Å². The summed E-state index contributed by atoms with van der Waals surface area (Å²) in [6, 6.07) is 14.5. The molecule has 3 rings (SSSR count). The van der Waals surface area contributed by atoms with E-state index in [0.29, 0.717) is 5.69 Å². The van der Waals surface area contributed by atoms with Gasteiger partial charge in [0.25, 0.3) is 11.8 Å². The fourth-order valence-electron chi connectivity index (χ4n) is 3.07. The minimum absolute atomic E-state index is 0.000891. The zero-order valence-electron chi connectivity index (χ0n) is 16.6. The molecular weight excluding hydrogens is 400 g/mol. The number of carbonyl (C=O) groups excluding carboxylic acids is 4. The molecule has 0 saturated carbocycles. The van der Waals surface area contributed by atoms with Crippen LogP contribution < -0.4 is 27.1 Å². The zero-order chi connectivity index (χ0) is 22.4. The Labute approximate surface area is 178 Å². The summed E-state index contributed by atoms with van der Waals surface area (Å²) in [7, 11) is 0. The van der Waals surface area contributed by atoms with Crippen molar-refractivity contribution in [1.82, 2.24) is 5.32 Å². The first kappa shape index (κ1) is 21.5.